The molecule has 1 atom stereocenters. The van der Waals surface area contributed by atoms with Crippen LogP contribution in [0.2, 0.25) is 0 Å². The van der Waals surface area contributed by atoms with E-state index in [1.165, 1.54) is 16.7 Å². The van der Waals surface area contributed by atoms with Crippen LogP contribution in [-0.4, -0.2) is 27.2 Å². The minimum absolute atomic E-state index is 0.281. The molecule has 0 spiro atoms. The lowest BCUT2D eigenvalue weighted by molar-refractivity contribution is 0.396. The molecular weight excluding hydrogens is 212 g/mol. The van der Waals surface area contributed by atoms with Gasteiger partial charge in [-0.2, -0.15) is 0 Å². The van der Waals surface area contributed by atoms with Crippen LogP contribution in [0.15, 0.2) is 12.1 Å². The highest BCUT2D eigenvalue weighted by Gasteiger charge is 2.16. The maximum atomic E-state index is 5.53. The molecule has 0 aliphatic rings. The van der Waals surface area contributed by atoms with E-state index in [0.29, 0.717) is 0 Å². The summed E-state index contributed by atoms with van der Waals surface area (Å²) in [6.07, 6.45) is 0. The molecule has 0 aliphatic carbocycles. The monoisotopic (exact) mass is 236 g/mol. The molecule has 1 unspecified atom stereocenters. The summed E-state index contributed by atoms with van der Waals surface area (Å²) in [6, 6.07) is 4.63. The van der Waals surface area contributed by atoms with Crippen molar-refractivity contribution < 1.29 is 4.74 Å². The van der Waals surface area contributed by atoms with Crippen LogP contribution >= 0.6 is 0 Å². The van der Waals surface area contributed by atoms with Gasteiger partial charge in [-0.25, -0.2) is 0 Å². The van der Waals surface area contributed by atoms with Gasteiger partial charge in [0.15, 0.2) is 0 Å². The Bertz CT molecular complexity index is 363. The summed E-state index contributed by atoms with van der Waals surface area (Å²) in [4.78, 5) is 0. The highest BCUT2D eigenvalue weighted by Crippen LogP contribution is 2.29. The first-order chi connectivity index (χ1) is 8.13. The van der Waals surface area contributed by atoms with Crippen molar-refractivity contribution in [1.29, 1.82) is 0 Å². The Morgan fingerprint density at radius 1 is 1.29 bits per heavy atom. The Balaban J connectivity index is 3.07. The predicted molar refractivity (Wildman–Crippen MR) is 72.8 cm³/mol. The van der Waals surface area contributed by atoms with Gasteiger partial charge in [0.05, 0.1) is 7.11 Å². The van der Waals surface area contributed by atoms with Crippen LogP contribution in [0.4, 0.5) is 0 Å². The van der Waals surface area contributed by atoms with Gasteiger partial charge in [0, 0.05) is 18.2 Å². The average Bonchev–Trinajstić information content (AvgIpc) is 2.29. The fraction of sp³-hybridized carbons (Fsp3) is 0.571. The summed E-state index contributed by atoms with van der Waals surface area (Å²) in [7, 11) is 3.72. The fourth-order valence-corrected chi connectivity index (χ4v) is 2.18. The van der Waals surface area contributed by atoms with Crippen molar-refractivity contribution in [3.05, 3.63) is 28.8 Å². The summed E-state index contributed by atoms with van der Waals surface area (Å²) >= 11 is 0. The van der Waals surface area contributed by atoms with E-state index in [1.807, 2.05) is 7.05 Å². The van der Waals surface area contributed by atoms with Crippen LogP contribution < -0.4 is 15.4 Å². The number of hydrogen-bond acceptors (Lipinski definition) is 3. The second-order valence-electron chi connectivity index (χ2n) is 4.35. The van der Waals surface area contributed by atoms with Crippen molar-refractivity contribution in [2.24, 2.45) is 0 Å². The number of hydrogen-bond donors (Lipinski definition) is 2. The van der Waals surface area contributed by atoms with Gasteiger partial charge in [-0.3, -0.25) is 0 Å². The quantitative estimate of drug-likeness (QED) is 0.794. The molecule has 1 aromatic rings. The minimum Gasteiger partial charge on any atom is -0.496 e. The van der Waals surface area contributed by atoms with Crippen LogP contribution in [0, 0.1) is 13.8 Å². The Labute approximate surface area is 105 Å². The molecule has 0 saturated carbocycles. The summed E-state index contributed by atoms with van der Waals surface area (Å²) in [5, 5.41) is 6.71. The maximum Gasteiger partial charge on any atom is 0.126 e. The molecule has 0 amide bonds. The molecule has 0 saturated heterocycles. The lowest BCUT2D eigenvalue weighted by atomic mass is 9.99. The van der Waals surface area contributed by atoms with E-state index in [2.05, 4.69) is 43.5 Å². The van der Waals surface area contributed by atoms with E-state index in [9.17, 15) is 0 Å². The minimum atomic E-state index is 0.281. The molecule has 0 bridgehead atoms. The van der Waals surface area contributed by atoms with E-state index >= 15 is 0 Å². The number of rotatable bonds is 6. The van der Waals surface area contributed by atoms with Crippen molar-refractivity contribution in [2.45, 2.75) is 26.8 Å². The highest BCUT2D eigenvalue weighted by molar-refractivity contribution is 5.45. The molecule has 0 aliphatic heterocycles. The Morgan fingerprint density at radius 3 is 2.53 bits per heavy atom. The van der Waals surface area contributed by atoms with E-state index < -0.39 is 0 Å². The zero-order valence-electron chi connectivity index (χ0n) is 11.6. The molecule has 0 fully saturated rings. The molecule has 0 aromatic heterocycles. The predicted octanol–water partition coefficient (Wildman–Crippen LogP) is 2.18. The summed E-state index contributed by atoms with van der Waals surface area (Å²) in [5.41, 5.74) is 3.70. The van der Waals surface area contributed by atoms with Gasteiger partial charge in [0.2, 0.25) is 0 Å². The summed E-state index contributed by atoms with van der Waals surface area (Å²) < 4.78 is 5.53. The van der Waals surface area contributed by atoms with Gasteiger partial charge < -0.3 is 15.4 Å². The highest BCUT2D eigenvalue weighted by atomic mass is 16.5. The largest absolute Gasteiger partial charge is 0.496 e. The lowest BCUT2D eigenvalue weighted by Gasteiger charge is -2.21. The van der Waals surface area contributed by atoms with Crippen LogP contribution in [0.1, 0.15) is 29.7 Å². The Kier molecular flexibility index (Phi) is 5.45. The van der Waals surface area contributed by atoms with Gasteiger partial charge in [-0.15, -0.1) is 0 Å². The van der Waals surface area contributed by atoms with Crippen LogP contribution in [0.25, 0.3) is 0 Å². The number of likely N-dealkylation sites (N-methyl/N-ethyl adjacent to an activating group) is 2. The van der Waals surface area contributed by atoms with Gasteiger partial charge in [-0.05, 0) is 33.0 Å². The Hall–Kier alpha value is -1.06. The molecule has 96 valence electrons. The smallest absolute Gasteiger partial charge is 0.126 e. The van der Waals surface area contributed by atoms with Gasteiger partial charge >= 0.3 is 0 Å². The zero-order chi connectivity index (χ0) is 12.8. The number of nitrogens with one attached hydrogen (secondary N) is 2. The molecule has 1 rings (SSSR count). The first-order valence-electron chi connectivity index (χ1n) is 6.17. The lowest BCUT2D eigenvalue weighted by Crippen LogP contribution is -2.29. The first-order valence-corrected chi connectivity index (χ1v) is 6.17. The second kappa shape index (κ2) is 6.62. The second-order valence-corrected chi connectivity index (χ2v) is 4.35. The standard InChI is InChI=1S/C14H24N2O/c1-6-16-9-13(15-4)12-8-10(2)7-11(3)14(12)17-5/h7-8,13,15-16H,6,9H2,1-5H3. The van der Waals surface area contributed by atoms with Crippen LogP contribution in [-0.2, 0) is 0 Å². The van der Waals surface area contributed by atoms with Crippen molar-refractivity contribution in [2.75, 3.05) is 27.2 Å². The topological polar surface area (TPSA) is 33.3 Å². The number of ether oxygens (including phenoxy) is 1. The van der Waals surface area contributed by atoms with Crippen molar-refractivity contribution in [3.63, 3.8) is 0 Å². The molecule has 2 N–H and O–H groups in total. The molecule has 0 heterocycles. The summed E-state index contributed by atoms with van der Waals surface area (Å²) in [6.45, 7) is 8.22. The fourth-order valence-electron chi connectivity index (χ4n) is 2.18. The van der Waals surface area contributed by atoms with Crippen molar-refractivity contribution in [1.82, 2.24) is 10.6 Å². The van der Waals surface area contributed by atoms with Crippen LogP contribution in [0.5, 0.6) is 5.75 Å². The number of aryl methyl sites for hydroxylation is 2. The van der Waals surface area contributed by atoms with Crippen molar-refractivity contribution in [3.8, 4) is 5.75 Å². The van der Waals surface area contributed by atoms with Crippen molar-refractivity contribution >= 4 is 0 Å². The van der Waals surface area contributed by atoms with E-state index in [0.717, 1.165) is 18.8 Å². The first kappa shape index (κ1) is 14.0. The third-order valence-corrected chi connectivity index (χ3v) is 2.97. The van der Waals surface area contributed by atoms with Gasteiger partial charge in [0.25, 0.3) is 0 Å². The summed E-state index contributed by atoms with van der Waals surface area (Å²) in [5.74, 6) is 0.993. The number of benzene rings is 1. The van der Waals surface area contributed by atoms with Crippen LogP contribution in [0.3, 0.4) is 0 Å². The van der Waals surface area contributed by atoms with E-state index in [4.69, 9.17) is 4.74 Å². The maximum absolute atomic E-state index is 5.53. The number of methoxy groups -OCH3 is 1. The molecule has 17 heavy (non-hydrogen) atoms. The molecular formula is C14H24N2O. The van der Waals surface area contributed by atoms with E-state index in [1.54, 1.807) is 7.11 Å². The third kappa shape index (κ3) is 3.45. The third-order valence-electron chi connectivity index (χ3n) is 2.97. The molecule has 1 aromatic carbocycles. The normalized spacial score (nSPS) is 12.5. The SMILES string of the molecule is CCNCC(NC)c1cc(C)cc(C)c1OC. The van der Waals surface area contributed by atoms with Gasteiger partial charge in [-0.1, -0.05) is 24.6 Å². The Morgan fingerprint density at radius 2 is 2.00 bits per heavy atom. The zero-order valence-corrected chi connectivity index (χ0v) is 11.6. The molecule has 3 nitrogen and oxygen atoms in total. The van der Waals surface area contributed by atoms with Gasteiger partial charge in [0.1, 0.15) is 5.75 Å². The van der Waals surface area contributed by atoms with E-state index in [-0.39, 0.29) is 6.04 Å². The molecule has 3 heteroatoms. The molecule has 0 radical (unpaired) electrons. The average molecular weight is 236 g/mol.